The SMILES string of the molecule is COC(=O)c1cc(C)ccc1OCc1cccc(CC2CCN(C(=O)OC(C)(C)C)CC2)n1. The Bertz CT molecular complexity index is 975. The van der Waals surface area contributed by atoms with Gasteiger partial charge in [0.15, 0.2) is 0 Å². The zero-order valence-corrected chi connectivity index (χ0v) is 20.2. The molecule has 7 heteroatoms. The predicted octanol–water partition coefficient (Wildman–Crippen LogP) is 4.95. The fourth-order valence-electron chi connectivity index (χ4n) is 3.86. The molecule has 0 atom stereocenters. The number of aryl methyl sites for hydroxylation is 1. The van der Waals surface area contributed by atoms with Gasteiger partial charge < -0.3 is 19.1 Å². The van der Waals surface area contributed by atoms with Gasteiger partial charge in [-0.3, -0.25) is 4.98 Å². The molecular weight excluding hydrogens is 420 g/mol. The number of rotatable bonds is 6. The van der Waals surface area contributed by atoms with Gasteiger partial charge in [-0.25, -0.2) is 9.59 Å². The quantitative estimate of drug-likeness (QED) is 0.575. The lowest BCUT2D eigenvalue weighted by atomic mass is 9.92. The zero-order chi connectivity index (χ0) is 24.0. The Kier molecular flexibility index (Phi) is 7.95. The maximum Gasteiger partial charge on any atom is 0.410 e. The summed E-state index contributed by atoms with van der Waals surface area (Å²) >= 11 is 0. The number of esters is 1. The first-order valence-corrected chi connectivity index (χ1v) is 11.4. The highest BCUT2D eigenvalue weighted by molar-refractivity contribution is 5.92. The number of carbonyl (C=O) groups is 2. The minimum Gasteiger partial charge on any atom is -0.486 e. The molecule has 0 N–H and O–H groups in total. The number of piperidine rings is 1. The van der Waals surface area contributed by atoms with E-state index < -0.39 is 11.6 Å². The Morgan fingerprint density at radius 3 is 2.45 bits per heavy atom. The van der Waals surface area contributed by atoms with Crippen molar-refractivity contribution in [2.45, 2.75) is 59.2 Å². The summed E-state index contributed by atoms with van der Waals surface area (Å²) in [4.78, 5) is 30.9. The number of ether oxygens (including phenoxy) is 3. The molecule has 1 fully saturated rings. The van der Waals surface area contributed by atoms with Gasteiger partial charge in [0.05, 0.1) is 12.8 Å². The van der Waals surface area contributed by atoms with Crippen LogP contribution in [0.15, 0.2) is 36.4 Å². The van der Waals surface area contributed by atoms with Gasteiger partial charge >= 0.3 is 12.1 Å². The summed E-state index contributed by atoms with van der Waals surface area (Å²) in [6.45, 7) is 9.23. The van der Waals surface area contributed by atoms with E-state index in [1.165, 1.54) is 7.11 Å². The van der Waals surface area contributed by atoms with Gasteiger partial charge in [-0.15, -0.1) is 0 Å². The summed E-state index contributed by atoms with van der Waals surface area (Å²) in [6.07, 6.45) is 2.47. The van der Waals surface area contributed by atoms with Crippen LogP contribution in [0.25, 0.3) is 0 Å². The minimum absolute atomic E-state index is 0.236. The monoisotopic (exact) mass is 454 g/mol. The zero-order valence-electron chi connectivity index (χ0n) is 20.2. The average Bonchev–Trinajstić information content (AvgIpc) is 2.77. The second kappa shape index (κ2) is 10.7. The van der Waals surface area contributed by atoms with Crippen LogP contribution in [0, 0.1) is 12.8 Å². The van der Waals surface area contributed by atoms with Crippen LogP contribution in [0.2, 0.25) is 0 Å². The molecule has 1 aromatic carbocycles. The molecule has 0 aliphatic carbocycles. The first-order chi connectivity index (χ1) is 15.6. The maximum absolute atomic E-state index is 12.3. The molecule has 7 nitrogen and oxygen atoms in total. The van der Waals surface area contributed by atoms with Gasteiger partial charge in [-0.05, 0) is 77.1 Å². The van der Waals surface area contributed by atoms with Crippen LogP contribution in [0.5, 0.6) is 5.75 Å². The van der Waals surface area contributed by atoms with E-state index >= 15 is 0 Å². The molecule has 0 spiro atoms. The molecule has 1 aliphatic rings. The number of carbonyl (C=O) groups excluding carboxylic acids is 2. The molecular formula is C26H34N2O5. The van der Waals surface area contributed by atoms with Crippen molar-refractivity contribution in [1.29, 1.82) is 0 Å². The van der Waals surface area contributed by atoms with Gasteiger partial charge in [0.1, 0.15) is 23.5 Å². The Labute approximate surface area is 196 Å². The molecule has 2 aromatic rings. The Morgan fingerprint density at radius 1 is 1.09 bits per heavy atom. The molecule has 1 aromatic heterocycles. The molecule has 1 saturated heterocycles. The number of benzene rings is 1. The lowest BCUT2D eigenvalue weighted by Gasteiger charge is -2.33. The van der Waals surface area contributed by atoms with Crippen molar-refractivity contribution < 1.29 is 23.8 Å². The van der Waals surface area contributed by atoms with Crippen LogP contribution < -0.4 is 4.74 Å². The van der Waals surface area contributed by atoms with Crippen LogP contribution in [0.4, 0.5) is 4.79 Å². The van der Waals surface area contributed by atoms with E-state index in [-0.39, 0.29) is 12.7 Å². The fourth-order valence-corrected chi connectivity index (χ4v) is 3.86. The topological polar surface area (TPSA) is 78.0 Å². The molecule has 0 saturated carbocycles. The Hall–Kier alpha value is -3.09. The normalized spacial score (nSPS) is 14.6. The van der Waals surface area contributed by atoms with E-state index in [1.807, 2.05) is 52.0 Å². The number of hydrogen-bond acceptors (Lipinski definition) is 6. The number of aromatic nitrogens is 1. The number of likely N-dealkylation sites (tertiary alicyclic amines) is 1. The van der Waals surface area contributed by atoms with Crippen molar-refractivity contribution in [1.82, 2.24) is 9.88 Å². The lowest BCUT2D eigenvalue weighted by molar-refractivity contribution is 0.0183. The standard InChI is InChI=1S/C26H34N2O5/c1-18-9-10-23(22(15-18)24(29)31-5)32-17-21-8-6-7-20(27-21)16-19-11-13-28(14-12-19)25(30)33-26(2,3)4/h6-10,15,19H,11-14,16-17H2,1-5H3. The van der Waals surface area contributed by atoms with Gasteiger partial charge in [0, 0.05) is 18.8 Å². The molecule has 1 amide bonds. The van der Waals surface area contributed by atoms with E-state index in [4.69, 9.17) is 19.2 Å². The molecule has 1 aliphatic heterocycles. The minimum atomic E-state index is -0.476. The molecule has 0 bridgehead atoms. The molecule has 2 heterocycles. The van der Waals surface area contributed by atoms with Gasteiger partial charge in [0.2, 0.25) is 0 Å². The van der Waals surface area contributed by atoms with Gasteiger partial charge in [-0.1, -0.05) is 17.7 Å². The number of methoxy groups -OCH3 is 1. The van der Waals surface area contributed by atoms with E-state index in [0.29, 0.717) is 30.3 Å². The second-order valence-corrected chi connectivity index (χ2v) is 9.52. The van der Waals surface area contributed by atoms with Crippen molar-refractivity contribution in [3.63, 3.8) is 0 Å². The van der Waals surface area contributed by atoms with Crippen LogP contribution in [-0.2, 0) is 22.5 Å². The van der Waals surface area contributed by atoms with Gasteiger partial charge in [-0.2, -0.15) is 0 Å². The highest BCUT2D eigenvalue weighted by atomic mass is 16.6. The van der Waals surface area contributed by atoms with Crippen LogP contribution in [0.3, 0.4) is 0 Å². The number of amides is 1. The molecule has 3 rings (SSSR count). The summed E-state index contributed by atoms with van der Waals surface area (Å²) < 4.78 is 16.3. The van der Waals surface area contributed by atoms with Crippen molar-refractivity contribution in [2.24, 2.45) is 5.92 Å². The van der Waals surface area contributed by atoms with E-state index in [1.54, 1.807) is 17.0 Å². The molecule has 33 heavy (non-hydrogen) atoms. The van der Waals surface area contributed by atoms with E-state index in [0.717, 1.165) is 36.2 Å². The highest BCUT2D eigenvalue weighted by Gasteiger charge is 2.27. The average molecular weight is 455 g/mol. The summed E-state index contributed by atoms with van der Waals surface area (Å²) in [7, 11) is 1.36. The van der Waals surface area contributed by atoms with Crippen LogP contribution in [-0.4, -0.2) is 47.7 Å². The molecule has 0 radical (unpaired) electrons. The largest absolute Gasteiger partial charge is 0.486 e. The van der Waals surface area contributed by atoms with Crippen molar-refractivity contribution in [3.8, 4) is 5.75 Å². The van der Waals surface area contributed by atoms with Crippen LogP contribution >= 0.6 is 0 Å². The Morgan fingerprint density at radius 2 is 1.79 bits per heavy atom. The fraction of sp³-hybridized carbons (Fsp3) is 0.500. The van der Waals surface area contributed by atoms with Crippen molar-refractivity contribution in [3.05, 3.63) is 58.9 Å². The number of nitrogens with zero attached hydrogens (tertiary/aromatic N) is 2. The summed E-state index contributed by atoms with van der Waals surface area (Å²) in [5.74, 6) is 0.526. The molecule has 0 unspecified atom stereocenters. The third kappa shape index (κ3) is 7.20. The highest BCUT2D eigenvalue weighted by Crippen LogP contribution is 2.24. The molecule has 178 valence electrons. The van der Waals surface area contributed by atoms with Gasteiger partial charge in [0.25, 0.3) is 0 Å². The van der Waals surface area contributed by atoms with Crippen molar-refractivity contribution in [2.75, 3.05) is 20.2 Å². The number of pyridine rings is 1. The number of hydrogen-bond donors (Lipinski definition) is 0. The summed E-state index contributed by atoms with van der Waals surface area (Å²) in [5.41, 5.74) is 2.70. The van der Waals surface area contributed by atoms with Crippen molar-refractivity contribution >= 4 is 12.1 Å². The third-order valence-electron chi connectivity index (χ3n) is 5.54. The first kappa shape index (κ1) is 24.6. The van der Waals surface area contributed by atoms with Crippen LogP contribution in [0.1, 0.15) is 60.9 Å². The maximum atomic E-state index is 12.3. The second-order valence-electron chi connectivity index (χ2n) is 9.52. The lowest BCUT2D eigenvalue weighted by Crippen LogP contribution is -2.42. The summed E-state index contributed by atoms with van der Waals surface area (Å²) in [5, 5.41) is 0. The van der Waals surface area contributed by atoms with E-state index in [2.05, 4.69) is 0 Å². The van der Waals surface area contributed by atoms with E-state index in [9.17, 15) is 9.59 Å². The smallest absolute Gasteiger partial charge is 0.410 e. The summed E-state index contributed by atoms with van der Waals surface area (Å²) in [6, 6.07) is 11.4. The third-order valence-corrected chi connectivity index (χ3v) is 5.54. The Balaban J connectivity index is 1.55. The first-order valence-electron chi connectivity index (χ1n) is 11.4. The predicted molar refractivity (Wildman–Crippen MR) is 125 cm³/mol.